The van der Waals surface area contributed by atoms with Gasteiger partial charge in [0.25, 0.3) is 11.8 Å². The summed E-state index contributed by atoms with van der Waals surface area (Å²) in [4.78, 5) is 36.5. The number of aliphatic carboxylic acids is 1. The van der Waals surface area contributed by atoms with Crippen molar-refractivity contribution in [3.63, 3.8) is 0 Å². The maximum Gasteiger partial charge on any atom is 0.317 e. The lowest BCUT2D eigenvalue weighted by Gasteiger charge is -2.42. The van der Waals surface area contributed by atoms with E-state index in [1.165, 1.54) is 0 Å². The molecule has 3 N–H and O–H groups in total. The molecule has 0 radical (unpaired) electrons. The fourth-order valence-corrected chi connectivity index (χ4v) is 3.17. The van der Waals surface area contributed by atoms with Crippen molar-refractivity contribution >= 4 is 23.5 Å². The Morgan fingerprint density at radius 1 is 1.40 bits per heavy atom. The standard InChI is InChI=1S/C17H21N3O5/c1-2-20(8-16(22)23)12-6-11(7-12)18-17(24)10-3-4-14-13(5-10)19-15(21)9-25-14/h3-5,11-12H,2,6-9H2,1H3,(H,18,24)(H,19,21)(H,22,23). The van der Waals surface area contributed by atoms with Gasteiger partial charge in [0.15, 0.2) is 6.61 Å². The van der Waals surface area contributed by atoms with Crippen molar-refractivity contribution in [1.82, 2.24) is 10.2 Å². The number of nitrogens with zero attached hydrogens (tertiary/aromatic N) is 1. The minimum Gasteiger partial charge on any atom is -0.482 e. The largest absolute Gasteiger partial charge is 0.482 e. The summed E-state index contributed by atoms with van der Waals surface area (Å²) >= 11 is 0. The summed E-state index contributed by atoms with van der Waals surface area (Å²) in [7, 11) is 0. The van der Waals surface area contributed by atoms with E-state index in [9.17, 15) is 14.4 Å². The average molecular weight is 347 g/mol. The van der Waals surface area contributed by atoms with E-state index in [0.29, 0.717) is 23.5 Å². The van der Waals surface area contributed by atoms with Crippen LogP contribution in [0.1, 0.15) is 30.1 Å². The second-order valence-corrected chi connectivity index (χ2v) is 6.30. The molecule has 2 aliphatic rings. The molecule has 0 atom stereocenters. The molecule has 1 fully saturated rings. The first-order valence-corrected chi connectivity index (χ1v) is 8.29. The summed E-state index contributed by atoms with van der Waals surface area (Å²) < 4.78 is 5.27. The topological polar surface area (TPSA) is 108 Å². The van der Waals surface area contributed by atoms with Gasteiger partial charge >= 0.3 is 5.97 Å². The number of likely N-dealkylation sites (N-methyl/N-ethyl adjacent to an activating group) is 1. The number of anilines is 1. The molecule has 1 heterocycles. The number of carboxylic acids is 1. The van der Waals surface area contributed by atoms with Crippen molar-refractivity contribution in [1.29, 1.82) is 0 Å². The van der Waals surface area contributed by atoms with E-state index in [2.05, 4.69) is 10.6 Å². The van der Waals surface area contributed by atoms with Crippen LogP contribution in [-0.4, -0.2) is 59.6 Å². The van der Waals surface area contributed by atoms with Crippen LogP contribution in [0.2, 0.25) is 0 Å². The fraction of sp³-hybridized carbons (Fsp3) is 0.471. The monoisotopic (exact) mass is 347 g/mol. The molecule has 1 aromatic rings. The molecule has 1 aliphatic carbocycles. The summed E-state index contributed by atoms with van der Waals surface area (Å²) in [5, 5.41) is 14.5. The molecular formula is C17H21N3O5. The third-order valence-electron chi connectivity index (χ3n) is 4.58. The first-order valence-electron chi connectivity index (χ1n) is 8.29. The van der Waals surface area contributed by atoms with Crippen LogP contribution in [-0.2, 0) is 9.59 Å². The normalized spacial score (nSPS) is 21.6. The molecular weight excluding hydrogens is 326 g/mol. The van der Waals surface area contributed by atoms with Crippen LogP contribution in [0.4, 0.5) is 5.69 Å². The van der Waals surface area contributed by atoms with Crippen molar-refractivity contribution in [2.75, 3.05) is 25.0 Å². The number of amides is 2. The number of hydrogen-bond donors (Lipinski definition) is 3. The highest BCUT2D eigenvalue weighted by Crippen LogP contribution is 2.29. The quantitative estimate of drug-likeness (QED) is 0.699. The van der Waals surface area contributed by atoms with E-state index in [1.54, 1.807) is 18.2 Å². The third kappa shape index (κ3) is 3.90. The van der Waals surface area contributed by atoms with Crippen LogP contribution in [0.5, 0.6) is 5.75 Å². The molecule has 134 valence electrons. The Morgan fingerprint density at radius 3 is 2.84 bits per heavy atom. The molecule has 0 unspecified atom stereocenters. The molecule has 8 heteroatoms. The highest BCUT2D eigenvalue weighted by Gasteiger charge is 2.34. The summed E-state index contributed by atoms with van der Waals surface area (Å²) in [6.07, 6.45) is 1.47. The number of nitrogens with one attached hydrogen (secondary N) is 2. The predicted octanol–water partition coefficient (Wildman–Crippen LogP) is 0.685. The van der Waals surface area contributed by atoms with E-state index in [1.807, 2.05) is 11.8 Å². The van der Waals surface area contributed by atoms with Crippen molar-refractivity contribution in [3.05, 3.63) is 23.8 Å². The molecule has 3 rings (SSSR count). The third-order valence-corrected chi connectivity index (χ3v) is 4.58. The van der Waals surface area contributed by atoms with Crippen molar-refractivity contribution < 1.29 is 24.2 Å². The number of carboxylic acid groups (broad SMARTS) is 1. The second-order valence-electron chi connectivity index (χ2n) is 6.30. The van der Waals surface area contributed by atoms with Gasteiger partial charge < -0.3 is 20.5 Å². The van der Waals surface area contributed by atoms with Crippen LogP contribution < -0.4 is 15.4 Å². The summed E-state index contributed by atoms with van der Waals surface area (Å²) in [6, 6.07) is 5.13. The minimum absolute atomic E-state index is 0.0202. The van der Waals surface area contributed by atoms with Gasteiger partial charge in [-0.25, -0.2) is 0 Å². The number of hydrogen-bond acceptors (Lipinski definition) is 5. The maximum absolute atomic E-state index is 12.4. The molecule has 0 spiro atoms. The lowest BCUT2D eigenvalue weighted by Crippen LogP contribution is -2.54. The van der Waals surface area contributed by atoms with Crippen molar-refractivity contribution in [2.45, 2.75) is 31.8 Å². The highest BCUT2D eigenvalue weighted by atomic mass is 16.5. The zero-order valence-corrected chi connectivity index (χ0v) is 13.9. The molecule has 1 aliphatic heterocycles. The molecule has 8 nitrogen and oxygen atoms in total. The van der Waals surface area contributed by atoms with Crippen LogP contribution in [0, 0.1) is 0 Å². The van der Waals surface area contributed by atoms with Gasteiger partial charge in [0.05, 0.1) is 12.2 Å². The van der Waals surface area contributed by atoms with Gasteiger partial charge in [-0.2, -0.15) is 0 Å². The van der Waals surface area contributed by atoms with E-state index >= 15 is 0 Å². The minimum atomic E-state index is -0.840. The van der Waals surface area contributed by atoms with Gasteiger partial charge in [-0.05, 0) is 37.6 Å². The Morgan fingerprint density at radius 2 is 2.16 bits per heavy atom. The van der Waals surface area contributed by atoms with Gasteiger partial charge in [0.2, 0.25) is 0 Å². The number of benzene rings is 1. The van der Waals surface area contributed by atoms with Gasteiger partial charge in [-0.1, -0.05) is 6.92 Å². The van der Waals surface area contributed by atoms with Gasteiger partial charge in [0, 0.05) is 17.6 Å². The predicted molar refractivity (Wildman–Crippen MR) is 89.7 cm³/mol. The lowest BCUT2D eigenvalue weighted by atomic mass is 9.85. The van der Waals surface area contributed by atoms with Crippen LogP contribution >= 0.6 is 0 Å². The first kappa shape index (κ1) is 17.2. The summed E-state index contributed by atoms with van der Waals surface area (Å²) in [5.74, 6) is -0.753. The smallest absolute Gasteiger partial charge is 0.317 e. The zero-order chi connectivity index (χ0) is 18.0. The number of rotatable bonds is 6. The van der Waals surface area contributed by atoms with Crippen LogP contribution in [0.3, 0.4) is 0 Å². The first-order chi connectivity index (χ1) is 12.0. The molecule has 0 bridgehead atoms. The Balaban J connectivity index is 1.55. The Kier molecular flexibility index (Phi) is 4.89. The SMILES string of the molecule is CCN(CC(=O)O)C1CC(NC(=O)c2ccc3c(c2)NC(=O)CO3)C1. The molecule has 1 saturated carbocycles. The van der Waals surface area contributed by atoms with E-state index in [0.717, 1.165) is 12.8 Å². The molecule has 2 amide bonds. The number of fused-ring (bicyclic) bond motifs is 1. The Labute approximate surface area is 145 Å². The summed E-state index contributed by atoms with van der Waals surface area (Å²) in [6.45, 7) is 2.60. The van der Waals surface area contributed by atoms with Crippen molar-refractivity contribution in [3.8, 4) is 5.75 Å². The van der Waals surface area contributed by atoms with E-state index in [-0.39, 0.29) is 37.0 Å². The van der Waals surface area contributed by atoms with Crippen molar-refractivity contribution in [2.24, 2.45) is 0 Å². The molecule has 0 aromatic heterocycles. The molecule has 25 heavy (non-hydrogen) atoms. The van der Waals surface area contributed by atoms with Gasteiger partial charge in [-0.15, -0.1) is 0 Å². The number of ether oxygens (including phenoxy) is 1. The van der Waals surface area contributed by atoms with E-state index in [4.69, 9.17) is 9.84 Å². The van der Waals surface area contributed by atoms with Crippen LogP contribution in [0.25, 0.3) is 0 Å². The fourth-order valence-electron chi connectivity index (χ4n) is 3.17. The van der Waals surface area contributed by atoms with Crippen LogP contribution in [0.15, 0.2) is 18.2 Å². The highest BCUT2D eigenvalue weighted by molar-refractivity contribution is 6.00. The lowest BCUT2D eigenvalue weighted by molar-refractivity contribution is -0.139. The zero-order valence-electron chi connectivity index (χ0n) is 13.9. The van der Waals surface area contributed by atoms with Gasteiger partial charge in [-0.3, -0.25) is 19.3 Å². The second kappa shape index (κ2) is 7.10. The van der Waals surface area contributed by atoms with E-state index < -0.39 is 5.97 Å². The average Bonchev–Trinajstić information content (AvgIpc) is 2.54. The van der Waals surface area contributed by atoms with Gasteiger partial charge in [0.1, 0.15) is 5.75 Å². The maximum atomic E-state index is 12.4. The molecule has 0 saturated heterocycles. The number of carbonyl (C=O) groups is 3. The Bertz CT molecular complexity index is 700. The number of carbonyl (C=O) groups excluding carboxylic acids is 2. The molecule has 1 aromatic carbocycles. The Hall–Kier alpha value is -2.61. The summed E-state index contributed by atoms with van der Waals surface area (Å²) in [5.41, 5.74) is 0.944.